The quantitative estimate of drug-likeness (QED) is 0.580. The maximum Gasteiger partial charge on any atom is 0.155 e. The number of hydrogen-bond donors (Lipinski definition) is 1. The van der Waals surface area contributed by atoms with E-state index in [1.54, 1.807) is 11.3 Å². The van der Waals surface area contributed by atoms with Crippen molar-refractivity contribution in [3.05, 3.63) is 53.1 Å². The Morgan fingerprint density at radius 2 is 1.91 bits per heavy atom. The SMILES string of the molecule is C[C@@]12C[C@H](O)C3[C@H](CCC4=CC(=O)CC[C@]43C)[C@H]1CC[C@@H]2c1csc(-c2ccccc2)n1. The minimum Gasteiger partial charge on any atom is -0.393 e. The second kappa shape index (κ2) is 7.36. The van der Waals surface area contributed by atoms with Gasteiger partial charge in [-0.3, -0.25) is 4.79 Å². The van der Waals surface area contributed by atoms with E-state index in [0.717, 1.165) is 30.7 Å². The summed E-state index contributed by atoms with van der Waals surface area (Å²) in [5.41, 5.74) is 3.84. The first-order valence-electron chi connectivity index (χ1n) is 12.3. The molecule has 1 heterocycles. The van der Waals surface area contributed by atoms with Crippen molar-refractivity contribution < 1.29 is 9.90 Å². The molecule has 0 radical (unpaired) electrons. The summed E-state index contributed by atoms with van der Waals surface area (Å²) >= 11 is 1.75. The highest BCUT2D eigenvalue weighted by Crippen LogP contribution is 2.68. The summed E-state index contributed by atoms with van der Waals surface area (Å²) < 4.78 is 0. The number of hydrogen-bond acceptors (Lipinski definition) is 4. The number of aliphatic hydroxyl groups is 1. The molecule has 4 heteroatoms. The number of carbonyl (C=O) groups excluding carboxylic acids is 1. The zero-order chi connectivity index (χ0) is 22.1. The Labute approximate surface area is 195 Å². The molecule has 0 spiro atoms. The molecule has 1 N–H and O–H groups in total. The highest BCUT2D eigenvalue weighted by atomic mass is 32.1. The van der Waals surface area contributed by atoms with Crippen molar-refractivity contribution in [3.8, 4) is 10.6 Å². The molecule has 6 rings (SSSR count). The van der Waals surface area contributed by atoms with Gasteiger partial charge in [0.1, 0.15) is 5.01 Å². The number of thiazole rings is 1. The lowest BCUT2D eigenvalue weighted by Crippen LogP contribution is -2.56. The minimum atomic E-state index is -0.295. The van der Waals surface area contributed by atoms with Crippen LogP contribution in [-0.4, -0.2) is 22.0 Å². The summed E-state index contributed by atoms with van der Waals surface area (Å²) in [6.07, 6.45) is 8.61. The second-order valence-corrected chi connectivity index (χ2v) is 12.1. The molecule has 3 saturated carbocycles. The van der Waals surface area contributed by atoms with E-state index >= 15 is 0 Å². The lowest BCUT2D eigenvalue weighted by atomic mass is 9.46. The molecule has 0 amide bonds. The van der Waals surface area contributed by atoms with E-state index in [-0.39, 0.29) is 22.7 Å². The molecule has 2 aromatic rings. The monoisotopic (exact) mass is 447 g/mol. The summed E-state index contributed by atoms with van der Waals surface area (Å²) in [7, 11) is 0. The van der Waals surface area contributed by atoms with Gasteiger partial charge in [0.05, 0.1) is 11.8 Å². The van der Waals surface area contributed by atoms with Crippen molar-refractivity contribution in [1.29, 1.82) is 0 Å². The summed E-state index contributed by atoms with van der Waals surface area (Å²) in [6.45, 7) is 4.78. The Morgan fingerprint density at radius 1 is 1.09 bits per heavy atom. The third-order valence-electron chi connectivity index (χ3n) is 9.79. The van der Waals surface area contributed by atoms with Crippen LogP contribution in [0.1, 0.15) is 70.4 Å². The first-order valence-corrected chi connectivity index (χ1v) is 13.2. The van der Waals surface area contributed by atoms with E-state index in [1.807, 2.05) is 12.1 Å². The number of aromatic nitrogens is 1. The predicted octanol–water partition coefficient (Wildman–Crippen LogP) is 6.40. The Bertz CT molecular complexity index is 1070. The molecule has 3 fully saturated rings. The highest BCUT2D eigenvalue weighted by molar-refractivity contribution is 7.13. The van der Waals surface area contributed by atoms with Gasteiger partial charge in [0.15, 0.2) is 5.78 Å². The largest absolute Gasteiger partial charge is 0.393 e. The van der Waals surface area contributed by atoms with E-state index in [2.05, 4.69) is 43.5 Å². The zero-order valence-corrected chi connectivity index (χ0v) is 19.9. The lowest BCUT2D eigenvalue weighted by Gasteiger charge is -2.59. The zero-order valence-electron chi connectivity index (χ0n) is 19.1. The summed E-state index contributed by atoms with van der Waals surface area (Å²) in [5.74, 6) is 2.19. The molecule has 168 valence electrons. The third kappa shape index (κ3) is 2.95. The van der Waals surface area contributed by atoms with Crippen LogP contribution in [-0.2, 0) is 4.79 Å². The molecule has 1 aromatic carbocycles. The van der Waals surface area contributed by atoms with Gasteiger partial charge in [-0.15, -0.1) is 11.3 Å². The molecule has 0 aliphatic heterocycles. The second-order valence-electron chi connectivity index (χ2n) is 11.2. The van der Waals surface area contributed by atoms with Gasteiger partial charge in [-0.1, -0.05) is 49.8 Å². The fourth-order valence-corrected chi connectivity index (χ4v) is 9.21. The normalized spacial score (nSPS) is 40.9. The summed E-state index contributed by atoms with van der Waals surface area (Å²) in [6, 6.07) is 10.5. The fourth-order valence-electron chi connectivity index (χ4n) is 8.33. The van der Waals surface area contributed by atoms with Crippen LogP contribution >= 0.6 is 11.3 Å². The molecule has 0 bridgehead atoms. The maximum atomic E-state index is 12.1. The van der Waals surface area contributed by atoms with E-state index in [0.29, 0.717) is 30.1 Å². The Morgan fingerprint density at radius 3 is 2.72 bits per heavy atom. The predicted molar refractivity (Wildman–Crippen MR) is 128 cm³/mol. The van der Waals surface area contributed by atoms with E-state index in [1.165, 1.54) is 29.7 Å². The molecule has 1 unspecified atom stereocenters. The lowest BCUT2D eigenvalue weighted by molar-refractivity contribution is -0.129. The number of aliphatic hydroxyl groups excluding tert-OH is 1. The van der Waals surface area contributed by atoms with Gasteiger partial charge in [-0.2, -0.15) is 0 Å². The van der Waals surface area contributed by atoms with Crippen molar-refractivity contribution in [2.75, 3.05) is 0 Å². The maximum absolute atomic E-state index is 12.1. The van der Waals surface area contributed by atoms with Crippen LogP contribution in [0.4, 0.5) is 0 Å². The third-order valence-corrected chi connectivity index (χ3v) is 10.7. The van der Waals surface area contributed by atoms with Gasteiger partial charge >= 0.3 is 0 Å². The fraction of sp³-hybridized carbons (Fsp3) is 0.571. The molecule has 7 atom stereocenters. The van der Waals surface area contributed by atoms with Crippen LogP contribution in [0.3, 0.4) is 0 Å². The first kappa shape index (κ1) is 20.8. The molecule has 0 saturated heterocycles. The van der Waals surface area contributed by atoms with E-state index in [9.17, 15) is 9.90 Å². The first-order chi connectivity index (χ1) is 15.4. The highest BCUT2D eigenvalue weighted by Gasteiger charge is 2.62. The number of carbonyl (C=O) groups is 1. The van der Waals surface area contributed by atoms with Crippen LogP contribution < -0.4 is 0 Å². The van der Waals surface area contributed by atoms with Crippen LogP contribution in [0.5, 0.6) is 0 Å². The number of benzene rings is 1. The van der Waals surface area contributed by atoms with E-state index in [4.69, 9.17) is 4.98 Å². The Kier molecular flexibility index (Phi) is 4.79. The molecular weight excluding hydrogens is 414 g/mol. The van der Waals surface area contributed by atoms with Gasteiger partial charge in [0, 0.05) is 23.3 Å². The number of rotatable bonds is 2. The van der Waals surface area contributed by atoms with Crippen molar-refractivity contribution in [3.63, 3.8) is 0 Å². The summed E-state index contributed by atoms with van der Waals surface area (Å²) in [4.78, 5) is 17.2. The van der Waals surface area contributed by atoms with Crippen LogP contribution in [0.2, 0.25) is 0 Å². The standard InChI is InChI=1S/C28H33NO2S/c1-27-13-12-19(30)14-18(27)8-9-20-21-10-11-22(28(21,2)15-24(31)25(20)27)23-16-32-26(29-23)17-6-4-3-5-7-17/h3-7,14,16,20-22,24-25,31H,8-13,15H2,1-2H3/t20-,21-,22-,24+,25?,27-,28-/m1/s1. The molecule has 4 aliphatic carbocycles. The molecule has 3 nitrogen and oxygen atoms in total. The van der Waals surface area contributed by atoms with E-state index < -0.39 is 0 Å². The van der Waals surface area contributed by atoms with Gasteiger partial charge in [0.25, 0.3) is 0 Å². The average molecular weight is 448 g/mol. The van der Waals surface area contributed by atoms with Gasteiger partial charge in [-0.05, 0) is 73.2 Å². The van der Waals surface area contributed by atoms with Crippen molar-refractivity contribution >= 4 is 17.1 Å². The topological polar surface area (TPSA) is 50.2 Å². The molecule has 4 aliphatic rings. The summed E-state index contributed by atoms with van der Waals surface area (Å²) in [5, 5.41) is 15.0. The average Bonchev–Trinajstić information content (AvgIpc) is 3.38. The van der Waals surface area contributed by atoms with Crippen molar-refractivity contribution in [2.45, 2.75) is 70.8 Å². The van der Waals surface area contributed by atoms with Gasteiger partial charge in [-0.25, -0.2) is 4.98 Å². The number of nitrogens with zero attached hydrogens (tertiary/aromatic N) is 1. The molecular formula is C28H33NO2S. The molecule has 1 aromatic heterocycles. The van der Waals surface area contributed by atoms with Crippen LogP contribution in [0.25, 0.3) is 10.6 Å². The van der Waals surface area contributed by atoms with Crippen molar-refractivity contribution in [2.24, 2.45) is 28.6 Å². The van der Waals surface area contributed by atoms with Crippen molar-refractivity contribution in [1.82, 2.24) is 4.98 Å². The Hall–Kier alpha value is -1.78. The van der Waals surface area contributed by atoms with Crippen LogP contribution in [0.15, 0.2) is 47.4 Å². The number of ketones is 1. The number of allylic oxidation sites excluding steroid dienone is 1. The van der Waals surface area contributed by atoms with Crippen LogP contribution in [0, 0.1) is 28.6 Å². The smallest absolute Gasteiger partial charge is 0.155 e. The Balaban J connectivity index is 1.32. The minimum absolute atomic E-state index is 0.00320. The number of fused-ring (bicyclic) bond motifs is 5. The van der Waals surface area contributed by atoms with Gasteiger partial charge < -0.3 is 5.11 Å². The molecule has 32 heavy (non-hydrogen) atoms. The van der Waals surface area contributed by atoms with Gasteiger partial charge in [0.2, 0.25) is 0 Å².